The number of aryl methyl sites for hydroxylation is 1. The predicted molar refractivity (Wildman–Crippen MR) is 51.2 cm³/mol. The Morgan fingerprint density at radius 1 is 1.47 bits per heavy atom. The Morgan fingerprint density at radius 3 is 2.67 bits per heavy atom. The van der Waals surface area contributed by atoms with Gasteiger partial charge in [-0.15, -0.1) is 0 Å². The number of nitrogens with zero attached hydrogens (tertiary/aromatic N) is 1. The summed E-state index contributed by atoms with van der Waals surface area (Å²) in [5.41, 5.74) is 5.10. The van der Waals surface area contributed by atoms with Gasteiger partial charge in [-0.2, -0.15) is 13.2 Å². The van der Waals surface area contributed by atoms with E-state index in [2.05, 4.69) is 4.98 Å². The van der Waals surface area contributed by atoms with E-state index in [4.69, 9.17) is 5.73 Å². The molecule has 0 saturated carbocycles. The van der Waals surface area contributed by atoms with Gasteiger partial charge in [-0.3, -0.25) is 4.98 Å². The highest BCUT2D eigenvalue weighted by atomic mass is 19.4. The number of nitrogens with two attached hydrogens (primary N) is 1. The van der Waals surface area contributed by atoms with E-state index in [1.807, 2.05) is 0 Å². The molecular formula is C10H13F3N2. The van der Waals surface area contributed by atoms with Gasteiger partial charge in [0.05, 0.1) is 5.56 Å². The summed E-state index contributed by atoms with van der Waals surface area (Å²) in [6, 6.07) is 0.891. The molecule has 1 aromatic heterocycles. The van der Waals surface area contributed by atoms with Crippen LogP contribution < -0.4 is 5.73 Å². The molecule has 1 atom stereocenters. The molecule has 0 unspecified atom stereocenters. The third-order valence-electron chi connectivity index (χ3n) is 2.08. The Morgan fingerprint density at radius 2 is 2.13 bits per heavy atom. The van der Waals surface area contributed by atoms with Crippen molar-refractivity contribution >= 4 is 0 Å². The van der Waals surface area contributed by atoms with Crippen LogP contribution in [0.5, 0.6) is 0 Å². The van der Waals surface area contributed by atoms with Crippen molar-refractivity contribution in [3.05, 3.63) is 29.6 Å². The Hall–Kier alpha value is -1.10. The quantitative estimate of drug-likeness (QED) is 0.845. The normalized spacial score (nSPS) is 13.9. The Kier molecular flexibility index (Phi) is 3.68. The average molecular weight is 218 g/mol. The fraction of sp³-hybridized carbons (Fsp3) is 0.500. The van der Waals surface area contributed by atoms with E-state index in [-0.39, 0.29) is 11.6 Å². The van der Waals surface area contributed by atoms with Crippen LogP contribution in [0.1, 0.15) is 24.5 Å². The van der Waals surface area contributed by atoms with E-state index < -0.39 is 11.7 Å². The van der Waals surface area contributed by atoms with E-state index in [1.165, 1.54) is 6.20 Å². The number of rotatable bonds is 3. The number of alkyl halides is 3. The second kappa shape index (κ2) is 4.61. The lowest BCUT2D eigenvalue weighted by Crippen LogP contribution is -2.17. The first-order valence-electron chi connectivity index (χ1n) is 4.67. The van der Waals surface area contributed by atoms with Crippen molar-refractivity contribution < 1.29 is 13.2 Å². The molecule has 0 amide bonds. The number of pyridine rings is 1. The maximum atomic E-state index is 12.5. The summed E-state index contributed by atoms with van der Waals surface area (Å²) in [4.78, 5) is 3.70. The lowest BCUT2D eigenvalue weighted by Gasteiger charge is -2.12. The van der Waals surface area contributed by atoms with Crippen LogP contribution in [0.4, 0.5) is 13.2 Å². The van der Waals surface area contributed by atoms with Crippen LogP contribution in [-0.4, -0.2) is 11.0 Å². The zero-order valence-corrected chi connectivity index (χ0v) is 8.38. The monoisotopic (exact) mass is 218 g/mol. The highest BCUT2D eigenvalue weighted by Gasteiger charge is 2.32. The van der Waals surface area contributed by atoms with Gasteiger partial charge in [0.15, 0.2) is 0 Å². The number of aromatic nitrogens is 1. The van der Waals surface area contributed by atoms with Gasteiger partial charge in [0.2, 0.25) is 0 Å². The molecule has 0 aliphatic carbocycles. The van der Waals surface area contributed by atoms with Crippen LogP contribution in [0.2, 0.25) is 0 Å². The van der Waals surface area contributed by atoms with E-state index in [0.717, 1.165) is 12.3 Å². The van der Waals surface area contributed by atoms with Crippen molar-refractivity contribution in [2.24, 2.45) is 5.73 Å². The highest BCUT2D eigenvalue weighted by Crippen LogP contribution is 2.31. The van der Waals surface area contributed by atoms with Crippen molar-refractivity contribution in [1.82, 2.24) is 4.98 Å². The van der Waals surface area contributed by atoms with Gasteiger partial charge in [-0.05, 0) is 31.4 Å². The molecule has 1 heterocycles. The number of hydrogen-bond donors (Lipinski definition) is 1. The summed E-state index contributed by atoms with van der Waals surface area (Å²) in [6.45, 7) is 1.77. The number of halogens is 3. The smallest absolute Gasteiger partial charge is 0.328 e. The van der Waals surface area contributed by atoms with Crippen LogP contribution in [0.25, 0.3) is 0 Å². The van der Waals surface area contributed by atoms with E-state index in [9.17, 15) is 13.2 Å². The molecule has 15 heavy (non-hydrogen) atoms. The Bertz CT molecular complexity index is 321. The highest BCUT2D eigenvalue weighted by molar-refractivity contribution is 5.26. The molecular weight excluding hydrogens is 205 g/mol. The van der Waals surface area contributed by atoms with Crippen LogP contribution in [-0.2, 0) is 12.6 Å². The van der Waals surface area contributed by atoms with E-state index >= 15 is 0 Å². The number of hydrogen-bond acceptors (Lipinski definition) is 2. The van der Waals surface area contributed by atoms with Crippen LogP contribution in [0.15, 0.2) is 18.5 Å². The van der Waals surface area contributed by atoms with Crippen molar-refractivity contribution in [2.45, 2.75) is 32.0 Å². The molecule has 0 aliphatic rings. The molecule has 1 rings (SSSR count). The Labute approximate surface area is 86.3 Å². The minimum Gasteiger partial charge on any atom is -0.328 e. The second-order valence-corrected chi connectivity index (χ2v) is 3.55. The molecule has 0 bridgehead atoms. The van der Waals surface area contributed by atoms with Gasteiger partial charge in [-0.25, -0.2) is 0 Å². The molecule has 0 fully saturated rings. The summed E-state index contributed by atoms with van der Waals surface area (Å²) in [5.74, 6) is 0. The molecule has 1 aromatic rings. The average Bonchev–Trinajstić information content (AvgIpc) is 2.13. The van der Waals surface area contributed by atoms with Gasteiger partial charge in [0.25, 0.3) is 0 Å². The zero-order chi connectivity index (χ0) is 11.5. The molecule has 5 heteroatoms. The summed E-state index contributed by atoms with van der Waals surface area (Å²) >= 11 is 0. The molecule has 2 N–H and O–H groups in total. The van der Waals surface area contributed by atoms with Crippen molar-refractivity contribution in [2.75, 3.05) is 0 Å². The second-order valence-electron chi connectivity index (χ2n) is 3.55. The molecule has 0 saturated heterocycles. The van der Waals surface area contributed by atoms with E-state index in [0.29, 0.717) is 12.8 Å². The minimum atomic E-state index is -4.31. The first-order chi connectivity index (χ1) is 6.91. The maximum absolute atomic E-state index is 12.5. The third kappa shape index (κ3) is 3.51. The summed E-state index contributed by atoms with van der Waals surface area (Å²) in [6.07, 6.45) is -1.07. The largest absolute Gasteiger partial charge is 0.416 e. The summed E-state index contributed by atoms with van der Waals surface area (Å²) in [5, 5.41) is 0. The lowest BCUT2D eigenvalue weighted by molar-refractivity contribution is -0.138. The lowest BCUT2D eigenvalue weighted by atomic mass is 10.0. The molecule has 0 radical (unpaired) electrons. The van der Waals surface area contributed by atoms with Gasteiger partial charge < -0.3 is 5.73 Å². The van der Waals surface area contributed by atoms with Crippen LogP contribution >= 0.6 is 0 Å². The van der Waals surface area contributed by atoms with Gasteiger partial charge in [0.1, 0.15) is 0 Å². The fourth-order valence-electron chi connectivity index (χ4n) is 1.29. The van der Waals surface area contributed by atoms with Crippen molar-refractivity contribution in [1.29, 1.82) is 0 Å². The zero-order valence-electron chi connectivity index (χ0n) is 8.38. The van der Waals surface area contributed by atoms with Crippen molar-refractivity contribution in [3.8, 4) is 0 Å². The molecule has 84 valence electrons. The SMILES string of the molecule is C[C@@H](N)CCc1cnccc1C(F)(F)F. The first-order valence-corrected chi connectivity index (χ1v) is 4.67. The topological polar surface area (TPSA) is 38.9 Å². The predicted octanol–water partition coefficient (Wildman–Crippen LogP) is 2.38. The third-order valence-corrected chi connectivity index (χ3v) is 2.08. The Balaban J connectivity index is 2.87. The molecule has 0 aliphatic heterocycles. The molecule has 0 aromatic carbocycles. The first kappa shape index (κ1) is 12.0. The molecule has 0 spiro atoms. The van der Waals surface area contributed by atoms with Crippen LogP contribution in [0, 0.1) is 0 Å². The maximum Gasteiger partial charge on any atom is 0.416 e. The van der Waals surface area contributed by atoms with Crippen molar-refractivity contribution in [3.63, 3.8) is 0 Å². The minimum absolute atomic E-state index is 0.105. The molecule has 2 nitrogen and oxygen atoms in total. The van der Waals surface area contributed by atoms with E-state index in [1.54, 1.807) is 6.92 Å². The summed E-state index contributed by atoms with van der Waals surface area (Å²) in [7, 11) is 0. The van der Waals surface area contributed by atoms with Gasteiger partial charge >= 0.3 is 6.18 Å². The standard InChI is InChI=1S/C10H13F3N2/c1-7(14)2-3-8-6-15-5-4-9(8)10(11,12)13/h4-7H,2-3,14H2,1H3/t7-/m1/s1. The fourth-order valence-corrected chi connectivity index (χ4v) is 1.29. The van der Waals surface area contributed by atoms with Gasteiger partial charge in [-0.1, -0.05) is 0 Å². The summed E-state index contributed by atoms with van der Waals surface area (Å²) < 4.78 is 37.5. The van der Waals surface area contributed by atoms with Crippen LogP contribution in [0.3, 0.4) is 0 Å². The van der Waals surface area contributed by atoms with Gasteiger partial charge in [0, 0.05) is 18.4 Å².